The molecule has 2 aliphatic heterocycles. The van der Waals surface area contributed by atoms with Gasteiger partial charge in [-0.2, -0.15) is 0 Å². The summed E-state index contributed by atoms with van der Waals surface area (Å²) in [7, 11) is 1.80. The minimum Gasteiger partial charge on any atom is -0.363 e. The van der Waals surface area contributed by atoms with Crippen molar-refractivity contribution in [2.45, 2.75) is 63.7 Å². The monoisotopic (exact) mass is 397 g/mol. The Labute approximate surface area is 172 Å². The molecule has 2 amide bonds. The smallest absolute Gasteiger partial charge is 0.251 e. The van der Waals surface area contributed by atoms with Crippen LogP contribution in [-0.2, 0) is 20.9 Å². The third-order valence-electron chi connectivity index (χ3n) is 6.44. The fraction of sp³-hybridized carbons (Fsp3) is 0.609. The highest BCUT2D eigenvalue weighted by atomic mass is 16.5. The Kier molecular flexibility index (Phi) is 6.28. The molecule has 3 atom stereocenters. The van der Waals surface area contributed by atoms with Gasteiger partial charge in [0.05, 0.1) is 18.3 Å². The van der Waals surface area contributed by atoms with E-state index in [-0.39, 0.29) is 17.9 Å². The number of fused-ring (bicyclic) bond motifs is 1. The van der Waals surface area contributed by atoms with E-state index in [0.717, 1.165) is 37.9 Å². The van der Waals surface area contributed by atoms with Crippen molar-refractivity contribution < 1.29 is 14.3 Å². The summed E-state index contributed by atoms with van der Waals surface area (Å²) >= 11 is 0. The van der Waals surface area contributed by atoms with Crippen LogP contribution in [0.5, 0.6) is 0 Å². The highest BCUT2D eigenvalue weighted by Gasteiger charge is 2.43. The molecule has 0 spiro atoms. The zero-order chi connectivity index (χ0) is 20.2. The van der Waals surface area contributed by atoms with Crippen molar-refractivity contribution in [3.63, 3.8) is 0 Å². The summed E-state index contributed by atoms with van der Waals surface area (Å²) in [6.45, 7) is 1.88. The van der Waals surface area contributed by atoms with Crippen LogP contribution < -0.4 is 0 Å². The number of piperidine rings is 1. The van der Waals surface area contributed by atoms with Crippen molar-refractivity contribution in [1.29, 1.82) is 0 Å². The van der Waals surface area contributed by atoms with E-state index in [1.54, 1.807) is 18.1 Å². The van der Waals surface area contributed by atoms with Gasteiger partial charge in [0.2, 0.25) is 5.91 Å². The molecule has 0 radical (unpaired) electrons. The van der Waals surface area contributed by atoms with E-state index < -0.39 is 6.10 Å². The number of hydrogen-bond donors (Lipinski definition) is 0. The SMILES string of the molecule is CN(Cc1ccccn1)C(=O)[C@H]1C[C@@H]2CCN(C(=O)CC3=CCCCC3)C[C@@H]2O1. The van der Waals surface area contributed by atoms with Gasteiger partial charge in [-0.25, -0.2) is 0 Å². The first kappa shape index (κ1) is 20.1. The molecule has 6 heteroatoms. The minimum absolute atomic E-state index is 0.00953. The number of carbonyl (C=O) groups excluding carboxylic acids is 2. The van der Waals surface area contributed by atoms with Crippen LogP contribution in [0.3, 0.4) is 0 Å². The van der Waals surface area contributed by atoms with Crippen molar-refractivity contribution in [1.82, 2.24) is 14.8 Å². The fourth-order valence-electron chi connectivity index (χ4n) is 4.75. The van der Waals surface area contributed by atoms with Crippen molar-refractivity contribution in [3.8, 4) is 0 Å². The van der Waals surface area contributed by atoms with Gasteiger partial charge in [0.25, 0.3) is 5.91 Å². The Morgan fingerprint density at radius 1 is 1.31 bits per heavy atom. The summed E-state index contributed by atoms with van der Waals surface area (Å²) in [5.74, 6) is 0.586. The zero-order valence-corrected chi connectivity index (χ0v) is 17.3. The lowest BCUT2D eigenvalue weighted by molar-refractivity contribution is -0.144. The number of allylic oxidation sites excluding steroid dienone is 1. The van der Waals surface area contributed by atoms with Crippen LogP contribution in [0.25, 0.3) is 0 Å². The third-order valence-corrected chi connectivity index (χ3v) is 6.44. The van der Waals surface area contributed by atoms with E-state index in [1.807, 2.05) is 23.1 Å². The lowest BCUT2D eigenvalue weighted by atomic mass is 9.91. The van der Waals surface area contributed by atoms with Gasteiger partial charge < -0.3 is 14.5 Å². The maximum Gasteiger partial charge on any atom is 0.251 e. The number of pyridine rings is 1. The van der Waals surface area contributed by atoms with Crippen molar-refractivity contribution >= 4 is 11.8 Å². The molecule has 0 unspecified atom stereocenters. The number of hydrogen-bond acceptors (Lipinski definition) is 4. The first-order valence-corrected chi connectivity index (χ1v) is 10.9. The molecule has 0 N–H and O–H groups in total. The van der Waals surface area contributed by atoms with Gasteiger partial charge in [0, 0.05) is 32.8 Å². The first-order valence-electron chi connectivity index (χ1n) is 10.9. The van der Waals surface area contributed by atoms with Gasteiger partial charge in [-0.05, 0) is 56.6 Å². The van der Waals surface area contributed by atoms with Gasteiger partial charge in [0.15, 0.2) is 0 Å². The van der Waals surface area contributed by atoms with Crippen LogP contribution >= 0.6 is 0 Å². The summed E-state index contributed by atoms with van der Waals surface area (Å²) in [5.41, 5.74) is 2.16. The van der Waals surface area contributed by atoms with Gasteiger partial charge in [-0.3, -0.25) is 14.6 Å². The van der Waals surface area contributed by atoms with Crippen molar-refractivity contribution in [2.75, 3.05) is 20.1 Å². The largest absolute Gasteiger partial charge is 0.363 e. The standard InChI is InChI=1S/C23H31N3O3/c1-25(15-19-9-5-6-11-24-19)23(28)20-14-18-10-12-26(16-21(18)29-20)22(27)13-17-7-3-2-4-8-17/h5-7,9,11,18,20-21H,2-4,8,10,12-16H2,1H3/t18-,20+,21-/m0/s1. The van der Waals surface area contributed by atoms with E-state index >= 15 is 0 Å². The Bertz CT molecular complexity index is 764. The summed E-state index contributed by atoms with van der Waals surface area (Å²) in [4.78, 5) is 33.5. The van der Waals surface area contributed by atoms with E-state index in [1.165, 1.54) is 18.4 Å². The topological polar surface area (TPSA) is 62.7 Å². The normalized spacial score (nSPS) is 26.6. The van der Waals surface area contributed by atoms with Gasteiger partial charge >= 0.3 is 0 Å². The number of amides is 2. The Hall–Kier alpha value is -2.21. The second kappa shape index (κ2) is 9.08. The maximum absolute atomic E-state index is 12.9. The molecule has 0 bridgehead atoms. The molecule has 1 aromatic heterocycles. The van der Waals surface area contributed by atoms with Crippen LogP contribution in [-0.4, -0.2) is 58.9 Å². The molecule has 2 fully saturated rings. The van der Waals surface area contributed by atoms with Crippen molar-refractivity contribution in [3.05, 3.63) is 41.7 Å². The van der Waals surface area contributed by atoms with Crippen LogP contribution in [0.2, 0.25) is 0 Å². The van der Waals surface area contributed by atoms with Crippen LogP contribution in [0, 0.1) is 5.92 Å². The van der Waals surface area contributed by atoms with Crippen LogP contribution in [0.1, 0.15) is 50.6 Å². The number of ether oxygens (including phenoxy) is 1. The molecule has 0 aromatic carbocycles. The minimum atomic E-state index is -0.408. The van der Waals surface area contributed by atoms with Crippen molar-refractivity contribution in [2.24, 2.45) is 5.92 Å². The molecule has 4 rings (SSSR count). The number of nitrogens with zero attached hydrogens (tertiary/aromatic N) is 3. The van der Waals surface area contributed by atoms with Gasteiger partial charge in [0.1, 0.15) is 6.10 Å². The van der Waals surface area contributed by atoms with Crippen LogP contribution in [0.4, 0.5) is 0 Å². The molecule has 2 saturated heterocycles. The maximum atomic E-state index is 12.9. The molecule has 3 aliphatic rings. The molecule has 29 heavy (non-hydrogen) atoms. The number of aromatic nitrogens is 1. The van der Waals surface area contributed by atoms with E-state index in [4.69, 9.17) is 4.74 Å². The molecule has 6 nitrogen and oxygen atoms in total. The average molecular weight is 398 g/mol. The summed E-state index contributed by atoms with van der Waals surface area (Å²) in [5, 5.41) is 0. The Morgan fingerprint density at radius 2 is 2.21 bits per heavy atom. The quantitative estimate of drug-likeness (QED) is 0.717. The van der Waals surface area contributed by atoms with E-state index in [2.05, 4.69) is 11.1 Å². The summed E-state index contributed by atoms with van der Waals surface area (Å²) in [6.07, 6.45) is 10.4. The summed E-state index contributed by atoms with van der Waals surface area (Å²) < 4.78 is 6.14. The number of carbonyl (C=O) groups is 2. The predicted octanol–water partition coefficient (Wildman–Crippen LogP) is 2.94. The second-order valence-electron chi connectivity index (χ2n) is 8.59. The second-order valence-corrected chi connectivity index (χ2v) is 8.59. The molecule has 1 aromatic rings. The highest BCUT2D eigenvalue weighted by Crippen LogP contribution is 2.34. The third kappa shape index (κ3) is 4.86. The number of likely N-dealkylation sites (N-methyl/N-ethyl adjacent to an activating group) is 1. The average Bonchev–Trinajstić information content (AvgIpc) is 3.18. The van der Waals surface area contributed by atoms with Crippen LogP contribution in [0.15, 0.2) is 36.0 Å². The lowest BCUT2D eigenvalue weighted by Gasteiger charge is -2.34. The molecular weight excluding hydrogens is 366 g/mol. The zero-order valence-electron chi connectivity index (χ0n) is 17.3. The fourth-order valence-corrected chi connectivity index (χ4v) is 4.75. The van der Waals surface area contributed by atoms with Gasteiger partial charge in [-0.1, -0.05) is 17.7 Å². The van der Waals surface area contributed by atoms with E-state index in [9.17, 15) is 9.59 Å². The molecular formula is C23H31N3O3. The lowest BCUT2D eigenvalue weighted by Crippen LogP contribution is -2.45. The first-order chi connectivity index (χ1) is 14.1. The number of likely N-dealkylation sites (tertiary alicyclic amines) is 1. The highest BCUT2D eigenvalue weighted by molar-refractivity contribution is 5.81. The molecule has 3 heterocycles. The molecule has 0 saturated carbocycles. The summed E-state index contributed by atoms with van der Waals surface area (Å²) in [6, 6.07) is 5.72. The number of rotatable bonds is 5. The molecule has 156 valence electrons. The molecule has 1 aliphatic carbocycles. The Morgan fingerprint density at radius 3 is 2.97 bits per heavy atom. The Balaban J connectivity index is 1.30. The van der Waals surface area contributed by atoms with E-state index in [0.29, 0.717) is 25.4 Å². The van der Waals surface area contributed by atoms with Gasteiger partial charge in [-0.15, -0.1) is 0 Å². The predicted molar refractivity (Wildman–Crippen MR) is 110 cm³/mol.